The van der Waals surface area contributed by atoms with Gasteiger partial charge >= 0.3 is 5.97 Å². The summed E-state index contributed by atoms with van der Waals surface area (Å²) in [5.74, 6) is -0.204. The van der Waals surface area contributed by atoms with Crippen molar-refractivity contribution in [3.05, 3.63) is 65.7 Å². The average Bonchev–Trinajstić information content (AvgIpc) is 3.07. The zero-order chi connectivity index (χ0) is 18.7. The molecule has 0 aliphatic carbocycles. The lowest BCUT2D eigenvalue weighted by Gasteiger charge is -2.21. The molecule has 0 fully saturated rings. The summed E-state index contributed by atoms with van der Waals surface area (Å²) in [5, 5.41) is 0. The van der Waals surface area contributed by atoms with Gasteiger partial charge in [-0.2, -0.15) is 0 Å². The third kappa shape index (κ3) is 3.62. The third-order valence-electron chi connectivity index (χ3n) is 4.22. The Hall–Kier alpha value is -2.67. The maximum atomic E-state index is 13.1. The van der Waals surface area contributed by atoms with Crippen LogP contribution >= 0.6 is 0 Å². The van der Waals surface area contributed by atoms with Crippen LogP contribution in [0.25, 0.3) is 0 Å². The summed E-state index contributed by atoms with van der Waals surface area (Å²) in [5.41, 5.74) is 1.89. The van der Waals surface area contributed by atoms with Crippen LogP contribution in [0.15, 0.2) is 64.5 Å². The molecule has 1 heterocycles. The Morgan fingerprint density at radius 1 is 1.15 bits per heavy atom. The number of nitrogens with zero attached hydrogens (tertiary/aromatic N) is 2. The normalized spacial score (nSPS) is 17.1. The van der Waals surface area contributed by atoms with Gasteiger partial charge in [0.05, 0.1) is 18.6 Å². The van der Waals surface area contributed by atoms with Gasteiger partial charge in [-0.05, 0) is 24.6 Å². The molecule has 0 aromatic heterocycles. The number of carbonyl (C=O) groups is 1. The summed E-state index contributed by atoms with van der Waals surface area (Å²) in [4.78, 5) is 16.4. The van der Waals surface area contributed by atoms with E-state index in [0.29, 0.717) is 12.3 Å². The Morgan fingerprint density at radius 3 is 2.42 bits per heavy atom. The molecule has 0 saturated carbocycles. The molecule has 2 aromatic carbocycles. The molecule has 0 saturated heterocycles. The van der Waals surface area contributed by atoms with Crippen molar-refractivity contribution in [1.29, 1.82) is 0 Å². The van der Waals surface area contributed by atoms with E-state index < -0.39 is 22.0 Å². The van der Waals surface area contributed by atoms with Crippen molar-refractivity contribution in [2.45, 2.75) is 24.3 Å². The van der Waals surface area contributed by atoms with Gasteiger partial charge in [0.15, 0.2) is 6.04 Å². The topological polar surface area (TPSA) is 76.0 Å². The highest BCUT2D eigenvalue weighted by atomic mass is 32.2. The highest BCUT2D eigenvalue weighted by Gasteiger charge is 2.38. The van der Waals surface area contributed by atoms with Gasteiger partial charge in [-0.25, -0.2) is 13.2 Å². The van der Waals surface area contributed by atoms with Crippen molar-refractivity contribution in [2.24, 2.45) is 4.99 Å². The first-order chi connectivity index (χ1) is 12.4. The molecule has 0 N–H and O–H groups in total. The summed E-state index contributed by atoms with van der Waals surface area (Å²) in [6.07, 6.45) is 0.319. The molecule has 136 valence electrons. The van der Waals surface area contributed by atoms with E-state index in [1.165, 1.54) is 11.4 Å². The maximum Gasteiger partial charge on any atom is 0.332 e. The van der Waals surface area contributed by atoms with Crippen molar-refractivity contribution in [1.82, 2.24) is 4.31 Å². The lowest BCUT2D eigenvalue weighted by atomic mass is 10.1. The first-order valence-corrected chi connectivity index (χ1v) is 9.63. The highest BCUT2D eigenvalue weighted by molar-refractivity contribution is 7.89. The number of aryl methyl sites for hydroxylation is 1. The van der Waals surface area contributed by atoms with Gasteiger partial charge in [-0.3, -0.25) is 9.30 Å². The van der Waals surface area contributed by atoms with Gasteiger partial charge < -0.3 is 4.74 Å². The molecule has 0 spiro atoms. The highest BCUT2D eigenvalue weighted by Crippen LogP contribution is 2.24. The van der Waals surface area contributed by atoms with E-state index in [-0.39, 0.29) is 11.4 Å². The number of hydrogen-bond donors (Lipinski definition) is 0. The lowest BCUT2D eigenvalue weighted by molar-refractivity contribution is -0.141. The predicted molar refractivity (Wildman–Crippen MR) is 98.5 cm³/mol. The molecule has 26 heavy (non-hydrogen) atoms. The Morgan fingerprint density at radius 2 is 1.81 bits per heavy atom. The van der Waals surface area contributed by atoms with E-state index >= 15 is 0 Å². The number of benzene rings is 2. The van der Waals surface area contributed by atoms with Crippen molar-refractivity contribution in [2.75, 3.05) is 13.7 Å². The zero-order valence-corrected chi connectivity index (χ0v) is 15.4. The summed E-state index contributed by atoms with van der Waals surface area (Å²) in [7, 11) is -2.53. The number of ether oxygens (including phenoxy) is 1. The van der Waals surface area contributed by atoms with Crippen molar-refractivity contribution in [3.63, 3.8) is 0 Å². The smallest absolute Gasteiger partial charge is 0.332 e. The molecule has 0 amide bonds. The van der Waals surface area contributed by atoms with Crippen molar-refractivity contribution >= 4 is 21.8 Å². The molecule has 3 rings (SSSR count). The number of carbonyl (C=O) groups excluding carboxylic acids is 1. The Kier molecular flexibility index (Phi) is 5.08. The summed E-state index contributed by atoms with van der Waals surface area (Å²) in [6, 6.07) is 15.2. The van der Waals surface area contributed by atoms with E-state index in [1.807, 2.05) is 37.3 Å². The van der Waals surface area contributed by atoms with E-state index in [4.69, 9.17) is 4.74 Å². The monoisotopic (exact) mass is 372 g/mol. The number of methoxy groups -OCH3 is 1. The third-order valence-corrected chi connectivity index (χ3v) is 6.03. The van der Waals surface area contributed by atoms with E-state index in [1.54, 1.807) is 24.3 Å². The fourth-order valence-electron chi connectivity index (χ4n) is 2.80. The van der Waals surface area contributed by atoms with Gasteiger partial charge in [0, 0.05) is 6.42 Å². The number of hydrogen-bond acceptors (Lipinski definition) is 5. The molecule has 1 aliphatic heterocycles. The second kappa shape index (κ2) is 7.29. The fraction of sp³-hybridized carbons (Fsp3) is 0.263. The molecule has 1 atom stereocenters. The van der Waals surface area contributed by atoms with Crippen LogP contribution in [0.2, 0.25) is 0 Å². The molecule has 0 bridgehead atoms. The fourth-order valence-corrected chi connectivity index (χ4v) is 4.26. The molecule has 6 nitrogen and oxygen atoms in total. The minimum absolute atomic E-state index is 0.0505. The van der Waals surface area contributed by atoms with Gasteiger partial charge in [0.25, 0.3) is 10.0 Å². The van der Waals surface area contributed by atoms with Crippen LogP contribution in [0.4, 0.5) is 0 Å². The summed E-state index contributed by atoms with van der Waals surface area (Å²) in [6.45, 7) is 1.84. The lowest BCUT2D eigenvalue weighted by Crippen LogP contribution is -2.38. The van der Waals surface area contributed by atoms with Gasteiger partial charge in [-0.15, -0.1) is 0 Å². The number of rotatable bonds is 5. The quantitative estimate of drug-likeness (QED) is 0.754. The SMILES string of the molecule is COC(=O)[C@@H]1CN(S(=O)(=O)c2ccc(C)cc2)C(Cc2ccccc2)=N1. The van der Waals surface area contributed by atoms with Crippen molar-refractivity contribution in [3.8, 4) is 0 Å². The number of aliphatic imine (C=N–C) groups is 1. The first kappa shape index (κ1) is 18.1. The summed E-state index contributed by atoms with van der Waals surface area (Å²) >= 11 is 0. The van der Waals surface area contributed by atoms with Crippen LogP contribution in [0.3, 0.4) is 0 Å². The second-order valence-corrected chi connectivity index (χ2v) is 7.96. The van der Waals surface area contributed by atoms with Crippen LogP contribution in [0.5, 0.6) is 0 Å². The molecular formula is C19H20N2O4S. The largest absolute Gasteiger partial charge is 0.467 e. The average molecular weight is 372 g/mol. The van der Waals surface area contributed by atoms with E-state index in [2.05, 4.69) is 4.99 Å². The molecular weight excluding hydrogens is 352 g/mol. The van der Waals surface area contributed by atoms with E-state index in [0.717, 1.165) is 11.1 Å². The van der Waals surface area contributed by atoms with Crippen LogP contribution in [0, 0.1) is 6.92 Å². The predicted octanol–water partition coefficient (Wildman–Crippen LogP) is 2.18. The minimum atomic E-state index is -3.80. The molecule has 0 unspecified atom stereocenters. The second-order valence-electron chi connectivity index (χ2n) is 6.10. The maximum absolute atomic E-state index is 13.1. The van der Waals surface area contributed by atoms with Gasteiger partial charge in [0.1, 0.15) is 5.84 Å². The molecule has 7 heteroatoms. The molecule has 0 radical (unpaired) electrons. The van der Waals surface area contributed by atoms with Gasteiger partial charge in [-0.1, -0.05) is 48.0 Å². The van der Waals surface area contributed by atoms with Gasteiger partial charge in [0.2, 0.25) is 0 Å². The van der Waals surface area contributed by atoms with Crippen LogP contribution in [-0.4, -0.2) is 44.2 Å². The molecule has 1 aliphatic rings. The summed E-state index contributed by atoms with van der Waals surface area (Å²) < 4.78 is 32.2. The Labute approximate surface area is 153 Å². The Balaban J connectivity index is 1.96. The minimum Gasteiger partial charge on any atom is -0.467 e. The van der Waals surface area contributed by atoms with Crippen LogP contribution in [0.1, 0.15) is 11.1 Å². The van der Waals surface area contributed by atoms with Crippen molar-refractivity contribution < 1.29 is 17.9 Å². The van der Waals surface area contributed by atoms with E-state index in [9.17, 15) is 13.2 Å². The number of amidine groups is 1. The van der Waals surface area contributed by atoms with Crippen LogP contribution < -0.4 is 0 Å². The zero-order valence-electron chi connectivity index (χ0n) is 14.6. The Bertz CT molecular complexity index is 922. The number of sulfonamides is 1. The van der Waals surface area contributed by atoms with Crippen LogP contribution in [-0.2, 0) is 26.0 Å². The molecule has 2 aromatic rings. The first-order valence-electron chi connectivity index (χ1n) is 8.19. The number of esters is 1. The standard InChI is InChI=1S/C19H20N2O4S/c1-14-8-10-16(11-9-14)26(23,24)21-13-17(19(22)25-2)20-18(21)12-15-6-4-3-5-7-15/h3-11,17H,12-13H2,1-2H3/t17-/m0/s1.